The number of nitrogens with zero attached hydrogens (tertiary/aromatic N) is 7. The van der Waals surface area contributed by atoms with Crippen LogP contribution in [0.2, 0.25) is 0 Å². The van der Waals surface area contributed by atoms with Crippen molar-refractivity contribution in [1.29, 1.82) is 0 Å². The van der Waals surface area contributed by atoms with Crippen molar-refractivity contribution in [1.82, 2.24) is 24.5 Å². The van der Waals surface area contributed by atoms with Crippen LogP contribution in [0.25, 0.3) is 61.8 Å². The number of rotatable bonds is 8. The minimum atomic E-state index is -0.0110. The van der Waals surface area contributed by atoms with E-state index in [0.717, 1.165) is 50.1 Å². The number of benzene rings is 6. The van der Waals surface area contributed by atoms with Crippen LogP contribution in [0.5, 0.6) is 11.5 Å². The fourth-order valence-corrected chi connectivity index (χ4v) is 8.37. The van der Waals surface area contributed by atoms with Crippen molar-refractivity contribution in [3.05, 3.63) is 186 Å². The maximum Gasteiger partial charge on any atom is 2.00 e. The number of aromatic nitrogens is 5. The van der Waals surface area contributed by atoms with E-state index < -0.39 is 0 Å². The molecule has 4 heterocycles. The Morgan fingerprint density at radius 3 is 1.81 bits per heavy atom. The molecule has 0 amide bonds. The Balaban J connectivity index is 0.00000562. The summed E-state index contributed by atoms with van der Waals surface area (Å²) in [5.74, 6) is 3.26. The molecule has 10 rings (SSSR count). The van der Waals surface area contributed by atoms with Gasteiger partial charge in [0.15, 0.2) is 11.6 Å². The van der Waals surface area contributed by atoms with Crippen LogP contribution in [0.4, 0.5) is 11.4 Å². The molecule has 67 heavy (non-hydrogen) atoms. The third kappa shape index (κ3) is 8.83. The van der Waals surface area contributed by atoms with Gasteiger partial charge in [-0.3, -0.25) is 0 Å². The van der Waals surface area contributed by atoms with Crippen molar-refractivity contribution in [2.45, 2.75) is 73.1 Å². The van der Waals surface area contributed by atoms with Crippen LogP contribution in [0.15, 0.2) is 146 Å². The van der Waals surface area contributed by atoms with Crippen LogP contribution in [-0.4, -0.2) is 39.7 Å². The van der Waals surface area contributed by atoms with Crippen LogP contribution < -0.4 is 4.74 Å². The van der Waals surface area contributed by atoms with Gasteiger partial charge in [-0.05, 0) is 88.6 Å². The Morgan fingerprint density at radius 2 is 1.19 bits per heavy atom. The SMILES string of the molecule is Cc1cc([N+]2=C=[N+](c3[c-]c(Oc4[c-]c5c(cc4-c4nc(-c6ccc(C(C)(C)C)cc6)nc(-c6ccc(C(C)(C)C)cc6)n4)c4ccccc4n5-c4ccccn4)ccc3)C=C2)cc(C)c1C.[Pt+2]. The molecule has 9 heteroatoms. The van der Waals surface area contributed by atoms with E-state index in [0.29, 0.717) is 34.5 Å². The average Bonchev–Trinajstić information content (AvgIpc) is 3.94. The molecule has 0 radical (unpaired) electrons. The largest absolute Gasteiger partial charge is 2.00 e. The zero-order valence-electron chi connectivity index (χ0n) is 39.2. The number of aryl methyl sites for hydroxylation is 2. The first-order valence-corrected chi connectivity index (χ1v) is 22.4. The molecular formula is C58H51N7OPt+2. The summed E-state index contributed by atoms with van der Waals surface area (Å²) < 4.78 is 13.0. The average molecular weight is 1060 g/mol. The van der Waals surface area contributed by atoms with Crippen molar-refractivity contribution in [3.8, 4) is 51.5 Å². The number of pyridine rings is 1. The second kappa shape index (κ2) is 17.6. The first-order valence-electron chi connectivity index (χ1n) is 22.4. The maximum atomic E-state index is 6.98. The summed E-state index contributed by atoms with van der Waals surface area (Å²) >= 11 is 0. The number of para-hydroxylation sites is 1. The molecule has 0 aliphatic carbocycles. The van der Waals surface area contributed by atoms with Crippen LogP contribution in [0.3, 0.4) is 0 Å². The van der Waals surface area contributed by atoms with Crippen LogP contribution in [0.1, 0.15) is 69.4 Å². The molecular weight excluding hydrogens is 1010 g/mol. The van der Waals surface area contributed by atoms with Gasteiger partial charge in [0.1, 0.15) is 17.3 Å². The Labute approximate surface area is 407 Å². The van der Waals surface area contributed by atoms with E-state index in [1.54, 1.807) is 6.20 Å². The molecule has 0 saturated heterocycles. The quantitative estimate of drug-likeness (QED) is 0.112. The zero-order chi connectivity index (χ0) is 45.9. The Kier molecular flexibility index (Phi) is 11.8. The number of fused-ring (bicyclic) bond motifs is 3. The van der Waals surface area contributed by atoms with E-state index in [1.807, 2.05) is 64.0 Å². The van der Waals surface area contributed by atoms with Gasteiger partial charge < -0.3 is 9.30 Å². The van der Waals surface area contributed by atoms with Gasteiger partial charge in [0.05, 0.1) is 0 Å². The second-order valence-electron chi connectivity index (χ2n) is 19.1. The van der Waals surface area contributed by atoms with Gasteiger partial charge in [0, 0.05) is 46.5 Å². The van der Waals surface area contributed by atoms with Crippen molar-refractivity contribution in [2.75, 3.05) is 0 Å². The summed E-state index contributed by atoms with van der Waals surface area (Å²) in [6.45, 7) is 19.7. The third-order valence-corrected chi connectivity index (χ3v) is 12.4. The molecule has 6 aromatic carbocycles. The van der Waals surface area contributed by atoms with Gasteiger partial charge in [-0.15, -0.1) is 23.6 Å². The summed E-state index contributed by atoms with van der Waals surface area (Å²) in [5.41, 5.74) is 12.2. The molecule has 9 aromatic rings. The molecule has 1 aliphatic heterocycles. The Bertz CT molecular complexity index is 3360. The van der Waals surface area contributed by atoms with E-state index in [1.165, 1.54) is 27.8 Å². The van der Waals surface area contributed by atoms with Gasteiger partial charge in [0.2, 0.25) is 5.69 Å². The Hall–Kier alpha value is -7.11. The van der Waals surface area contributed by atoms with Crippen molar-refractivity contribution < 1.29 is 35.0 Å². The van der Waals surface area contributed by atoms with Crippen LogP contribution in [-0.2, 0) is 31.9 Å². The fourth-order valence-electron chi connectivity index (χ4n) is 8.37. The van der Waals surface area contributed by atoms with E-state index in [2.05, 4.69) is 170 Å². The zero-order valence-corrected chi connectivity index (χ0v) is 41.5. The van der Waals surface area contributed by atoms with Crippen molar-refractivity contribution in [2.24, 2.45) is 0 Å². The van der Waals surface area contributed by atoms with Crippen LogP contribution in [0, 0.1) is 32.9 Å². The molecule has 1 aliphatic rings. The number of hydrogen-bond donors (Lipinski definition) is 0. The molecule has 8 nitrogen and oxygen atoms in total. The standard InChI is InChI=1S/C58H51N7O.Pt/c1-37-31-45(32-38(2)39(37)3)64-30-29-63(36-64)44-15-14-16-46(33-44)66-52-35-51-48(47-17-10-11-18-50(47)65(51)53-19-12-13-28-59-53)34-49(52)56-61-54(40-20-24-42(25-21-40)57(4,5)6)60-55(62-56)41-22-26-43(27-23-41)58(7,8)9;/h10-32,34H,1-9H3;/q;+2. The monoisotopic (exact) mass is 1060 g/mol. The molecule has 0 saturated carbocycles. The predicted molar refractivity (Wildman–Crippen MR) is 264 cm³/mol. The predicted octanol–water partition coefficient (Wildman–Crippen LogP) is 13.9. The van der Waals surface area contributed by atoms with Gasteiger partial charge in [-0.2, -0.15) is 6.07 Å². The third-order valence-electron chi connectivity index (χ3n) is 12.4. The van der Waals surface area contributed by atoms with Crippen molar-refractivity contribution >= 4 is 39.2 Å². The first kappa shape index (κ1) is 45.1. The molecule has 0 N–H and O–H groups in total. The van der Waals surface area contributed by atoms with E-state index in [9.17, 15) is 0 Å². The fraction of sp³-hybridized carbons (Fsp3) is 0.190. The molecule has 0 spiro atoms. The first-order chi connectivity index (χ1) is 31.7. The number of ether oxygens (including phenoxy) is 1. The molecule has 0 atom stereocenters. The summed E-state index contributed by atoms with van der Waals surface area (Å²) in [5, 5.41) is 1.99. The molecule has 0 fully saturated rings. The molecule has 0 bridgehead atoms. The summed E-state index contributed by atoms with van der Waals surface area (Å²) in [6, 6.07) is 54.4. The smallest absolute Gasteiger partial charge is 0.508 e. The van der Waals surface area contributed by atoms with E-state index in [-0.39, 0.29) is 31.9 Å². The maximum absolute atomic E-state index is 6.98. The van der Waals surface area contributed by atoms with Crippen molar-refractivity contribution in [3.63, 3.8) is 0 Å². The second-order valence-corrected chi connectivity index (χ2v) is 19.1. The molecule has 332 valence electrons. The topological polar surface area (TPSA) is 71.7 Å². The molecule has 3 aromatic heterocycles. The summed E-state index contributed by atoms with van der Waals surface area (Å²) in [6.07, 6.45) is 5.79. The van der Waals surface area contributed by atoms with Crippen LogP contribution >= 0.6 is 0 Å². The molecule has 0 unspecified atom stereocenters. The van der Waals surface area contributed by atoms with Gasteiger partial charge in [0.25, 0.3) is 12.4 Å². The van der Waals surface area contributed by atoms with Gasteiger partial charge in [-0.25, -0.2) is 19.9 Å². The Morgan fingerprint density at radius 1 is 0.597 bits per heavy atom. The summed E-state index contributed by atoms with van der Waals surface area (Å²) in [4.78, 5) is 20.4. The minimum Gasteiger partial charge on any atom is -0.508 e. The normalized spacial score (nSPS) is 12.6. The van der Waals surface area contributed by atoms with E-state index in [4.69, 9.17) is 24.7 Å². The van der Waals surface area contributed by atoms with Gasteiger partial charge in [-0.1, -0.05) is 141 Å². The van der Waals surface area contributed by atoms with Gasteiger partial charge >= 0.3 is 27.1 Å². The minimum absolute atomic E-state index is 0. The van der Waals surface area contributed by atoms with E-state index >= 15 is 0 Å². The number of hydrogen-bond acceptors (Lipinski definition) is 5. The summed E-state index contributed by atoms with van der Waals surface area (Å²) in [7, 11) is 0.